The fourth-order valence-corrected chi connectivity index (χ4v) is 3.17. The van der Waals surface area contributed by atoms with E-state index in [1.165, 1.54) is 29.1 Å². The van der Waals surface area contributed by atoms with Gasteiger partial charge in [-0.3, -0.25) is 9.88 Å². The Morgan fingerprint density at radius 1 is 1.25 bits per heavy atom. The Hall–Kier alpha value is -1.26. The van der Waals surface area contributed by atoms with Gasteiger partial charge in [-0.05, 0) is 30.5 Å². The lowest BCUT2D eigenvalue weighted by atomic mass is 10.2. The third kappa shape index (κ3) is 3.44. The molecular weight excluding hydrogens is 266 g/mol. The highest BCUT2D eigenvalue weighted by Crippen LogP contribution is 2.30. The second kappa shape index (κ2) is 6.02. The molecule has 1 aliphatic carbocycles. The molecule has 1 aliphatic rings. The molecule has 2 aromatic rings. The number of thiazole rings is 1. The normalized spacial score (nSPS) is 15.2. The highest BCUT2D eigenvalue weighted by Gasteiger charge is 2.29. The van der Waals surface area contributed by atoms with Crippen molar-refractivity contribution < 1.29 is 0 Å². The number of pyridine rings is 1. The molecule has 2 aromatic heterocycles. The topological polar surface area (TPSA) is 29.0 Å². The Morgan fingerprint density at radius 2 is 2.00 bits per heavy atom. The van der Waals surface area contributed by atoms with Crippen molar-refractivity contribution in [1.29, 1.82) is 0 Å². The summed E-state index contributed by atoms with van der Waals surface area (Å²) in [7, 11) is 0. The van der Waals surface area contributed by atoms with Gasteiger partial charge in [0.15, 0.2) is 0 Å². The largest absolute Gasteiger partial charge is 0.290 e. The highest BCUT2D eigenvalue weighted by molar-refractivity contribution is 7.09. The Morgan fingerprint density at radius 3 is 2.60 bits per heavy atom. The molecule has 4 heteroatoms. The standard InChI is InChI=1S/C16H21N3S/c1-12(2)16-18-14(11-20-16)10-19(15-3-4-15)9-13-5-7-17-8-6-13/h5-8,11-12,15H,3-4,9-10H2,1-2H3. The predicted octanol–water partition coefficient (Wildman–Crippen LogP) is 3.83. The molecule has 20 heavy (non-hydrogen) atoms. The Kier molecular flexibility index (Phi) is 4.13. The fraction of sp³-hybridized carbons (Fsp3) is 0.500. The van der Waals surface area contributed by atoms with E-state index in [4.69, 9.17) is 4.98 Å². The molecule has 0 saturated heterocycles. The molecule has 1 saturated carbocycles. The summed E-state index contributed by atoms with van der Waals surface area (Å²) in [6, 6.07) is 4.96. The van der Waals surface area contributed by atoms with Crippen molar-refractivity contribution in [2.45, 2.75) is 51.7 Å². The van der Waals surface area contributed by atoms with Gasteiger partial charge in [-0.15, -0.1) is 11.3 Å². The van der Waals surface area contributed by atoms with Gasteiger partial charge in [0.25, 0.3) is 0 Å². The van der Waals surface area contributed by atoms with Crippen LogP contribution < -0.4 is 0 Å². The van der Waals surface area contributed by atoms with E-state index in [1.54, 1.807) is 11.3 Å². The van der Waals surface area contributed by atoms with E-state index in [9.17, 15) is 0 Å². The fourth-order valence-electron chi connectivity index (χ4n) is 2.35. The molecule has 3 rings (SSSR count). The first kappa shape index (κ1) is 13.7. The van der Waals surface area contributed by atoms with E-state index >= 15 is 0 Å². The minimum atomic E-state index is 0.531. The second-order valence-electron chi connectivity index (χ2n) is 5.82. The molecule has 3 nitrogen and oxygen atoms in total. The van der Waals surface area contributed by atoms with Crippen LogP contribution in [0, 0.1) is 0 Å². The predicted molar refractivity (Wildman–Crippen MR) is 82.7 cm³/mol. The number of hydrogen-bond donors (Lipinski definition) is 0. The van der Waals surface area contributed by atoms with Gasteiger partial charge in [-0.1, -0.05) is 13.8 Å². The van der Waals surface area contributed by atoms with Gasteiger partial charge in [0, 0.05) is 42.8 Å². The minimum Gasteiger partial charge on any atom is -0.290 e. The minimum absolute atomic E-state index is 0.531. The summed E-state index contributed by atoms with van der Waals surface area (Å²) in [5.41, 5.74) is 2.56. The van der Waals surface area contributed by atoms with Gasteiger partial charge in [0.2, 0.25) is 0 Å². The molecule has 0 N–H and O–H groups in total. The molecule has 0 aliphatic heterocycles. The van der Waals surface area contributed by atoms with E-state index in [2.05, 4.69) is 41.2 Å². The van der Waals surface area contributed by atoms with Crippen LogP contribution in [0.3, 0.4) is 0 Å². The smallest absolute Gasteiger partial charge is 0.0954 e. The second-order valence-corrected chi connectivity index (χ2v) is 6.71. The number of hydrogen-bond acceptors (Lipinski definition) is 4. The molecule has 0 bridgehead atoms. The first-order chi connectivity index (χ1) is 9.72. The first-order valence-electron chi connectivity index (χ1n) is 7.29. The van der Waals surface area contributed by atoms with Crippen LogP contribution in [0.15, 0.2) is 29.9 Å². The quantitative estimate of drug-likeness (QED) is 0.808. The maximum atomic E-state index is 4.77. The van der Waals surface area contributed by atoms with Crippen LogP contribution in [0.4, 0.5) is 0 Å². The van der Waals surface area contributed by atoms with Crippen molar-refractivity contribution in [3.63, 3.8) is 0 Å². The van der Waals surface area contributed by atoms with Crippen LogP contribution in [-0.2, 0) is 13.1 Å². The first-order valence-corrected chi connectivity index (χ1v) is 8.17. The van der Waals surface area contributed by atoms with Crippen LogP contribution in [-0.4, -0.2) is 20.9 Å². The van der Waals surface area contributed by atoms with Crippen LogP contribution in [0.2, 0.25) is 0 Å². The van der Waals surface area contributed by atoms with Crippen LogP contribution >= 0.6 is 11.3 Å². The third-order valence-corrected chi connectivity index (χ3v) is 4.82. The monoisotopic (exact) mass is 287 g/mol. The summed E-state index contributed by atoms with van der Waals surface area (Å²) in [5, 5.41) is 3.47. The lowest BCUT2D eigenvalue weighted by molar-refractivity contribution is 0.243. The van der Waals surface area contributed by atoms with E-state index in [-0.39, 0.29) is 0 Å². The van der Waals surface area contributed by atoms with Crippen molar-refractivity contribution in [2.24, 2.45) is 0 Å². The maximum Gasteiger partial charge on any atom is 0.0954 e. The lowest BCUT2D eigenvalue weighted by Crippen LogP contribution is -2.25. The molecule has 0 spiro atoms. The molecule has 1 fully saturated rings. The van der Waals surface area contributed by atoms with Crippen molar-refractivity contribution >= 4 is 11.3 Å². The number of aromatic nitrogens is 2. The Bertz CT molecular complexity index is 546. The third-order valence-electron chi connectivity index (χ3n) is 3.63. The molecule has 0 aromatic carbocycles. The van der Waals surface area contributed by atoms with E-state index in [0.29, 0.717) is 5.92 Å². The van der Waals surface area contributed by atoms with Gasteiger partial charge >= 0.3 is 0 Å². The summed E-state index contributed by atoms with van der Waals surface area (Å²) in [4.78, 5) is 11.4. The van der Waals surface area contributed by atoms with Gasteiger partial charge in [0.1, 0.15) is 0 Å². The summed E-state index contributed by atoms with van der Waals surface area (Å²) in [5.74, 6) is 0.531. The average Bonchev–Trinajstić information content (AvgIpc) is 3.19. The molecule has 0 atom stereocenters. The highest BCUT2D eigenvalue weighted by atomic mass is 32.1. The van der Waals surface area contributed by atoms with E-state index in [0.717, 1.165) is 19.1 Å². The lowest BCUT2D eigenvalue weighted by Gasteiger charge is -2.20. The average molecular weight is 287 g/mol. The summed E-state index contributed by atoms with van der Waals surface area (Å²) in [6.07, 6.45) is 6.40. The van der Waals surface area contributed by atoms with Gasteiger partial charge in [-0.25, -0.2) is 4.98 Å². The van der Waals surface area contributed by atoms with Crippen molar-refractivity contribution in [3.05, 3.63) is 46.2 Å². The Balaban J connectivity index is 1.68. The number of rotatable bonds is 6. The molecule has 0 radical (unpaired) electrons. The Labute approximate surface area is 124 Å². The zero-order valence-electron chi connectivity index (χ0n) is 12.1. The zero-order valence-corrected chi connectivity index (χ0v) is 12.9. The van der Waals surface area contributed by atoms with Crippen LogP contribution in [0.25, 0.3) is 0 Å². The van der Waals surface area contributed by atoms with E-state index < -0.39 is 0 Å². The van der Waals surface area contributed by atoms with Crippen LogP contribution in [0.5, 0.6) is 0 Å². The summed E-state index contributed by atoms with van der Waals surface area (Å²) < 4.78 is 0. The van der Waals surface area contributed by atoms with Gasteiger partial charge in [-0.2, -0.15) is 0 Å². The molecular formula is C16H21N3S. The van der Waals surface area contributed by atoms with E-state index in [1.807, 2.05) is 12.4 Å². The summed E-state index contributed by atoms with van der Waals surface area (Å²) in [6.45, 7) is 6.38. The van der Waals surface area contributed by atoms with Crippen molar-refractivity contribution in [1.82, 2.24) is 14.9 Å². The molecule has 106 valence electrons. The van der Waals surface area contributed by atoms with Crippen molar-refractivity contribution in [3.8, 4) is 0 Å². The molecule has 0 amide bonds. The maximum absolute atomic E-state index is 4.77. The number of nitrogens with zero attached hydrogens (tertiary/aromatic N) is 3. The van der Waals surface area contributed by atoms with Gasteiger partial charge in [0.05, 0.1) is 10.7 Å². The summed E-state index contributed by atoms with van der Waals surface area (Å²) >= 11 is 1.79. The SMILES string of the molecule is CC(C)c1nc(CN(Cc2ccncc2)C2CC2)cs1. The van der Waals surface area contributed by atoms with Crippen LogP contribution in [0.1, 0.15) is 48.9 Å². The van der Waals surface area contributed by atoms with Gasteiger partial charge < -0.3 is 0 Å². The van der Waals surface area contributed by atoms with Crippen molar-refractivity contribution in [2.75, 3.05) is 0 Å². The molecule has 2 heterocycles. The molecule has 0 unspecified atom stereocenters. The zero-order chi connectivity index (χ0) is 13.9.